The SMILES string of the molecule is CC(C)c1cccc(C(C)C)c1N1C=CN(c2c(C(C)C)cccc2C(C)C)C1/[SiH]=[SiH]/C1N(c2c(C(C)C)cccc2C(C)C)C=CN1c1c(C(C)C)cccc1C(C)C. The molecule has 60 heavy (non-hydrogen) atoms. The van der Waals surface area contributed by atoms with E-state index in [9.17, 15) is 0 Å². The highest BCUT2D eigenvalue weighted by Gasteiger charge is 2.37. The molecule has 0 unspecified atom stereocenters. The Labute approximate surface area is 369 Å². The first kappa shape index (κ1) is 45.5. The Bertz CT molecular complexity index is 1800. The van der Waals surface area contributed by atoms with Gasteiger partial charge in [0.15, 0.2) is 0 Å². The van der Waals surface area contributed by atoms with Crippen LogP contribution in [0.2, 0.25) is 0 Å². The van der Waals surface area contributed by atoms with Gasteiger partial charge in [0.05, 0.1) is 0 Å². The molecule has 4 nitrogen and oxygen atoms in total. The van der Waals surface area contributed by atoms with Crippen LogP contribution in [0.1, 0.15) is 203 Å². The van der Waals surface area contributed by atoms with Crippen molar-refractivity contribution in [3.05, 3.63) is 142 Å². The maximum Gasteiger partial charge on any atom is 0.105 e. The largest absolute Gasteiger partial charge is 0.326 e. The molecule has 6 rings (SSSR count). The third-order valence-corrected chi connectivity index (χ3v) is 17.7. The maximum absolute atomic E-state index is 2.73. The highest BCUT2D eigenvalue weighted by atomic mass is 28.9. The molecule has 320 valence electrons. The summed E-state index contributed by atoms with van der Waals surface area (Å²) in [6.45, 7) is 37.9. The van der Waals surface area contributed by atoms with Crippen molar-refractivity contribution in [3.63, 3.8) is 0 Å². The van der Waals surface area contributed by atoms with Crippen LogP contribution >= 0.6 is 0 Å². The van der Waals surface area contributed by atoms with E-state index < -0.39 is 0 Å². The maximum atomic E-state index is 2.73. The van der Waals surface area contributed by atoms with Crippen LogP contribution < -0.4 is 19.6 Å². The van der Waals surface area contributed by atoms with E-state index >= 15 is 0 Å². The summed E-state index contributed by atoms with van der Waals surface area (Å²) in [5, 5.41) is 0. The Morgan fingerprint density at radius 1 is 0.283 bits per heavy atom. The van der Waals surface area contributed by atoms with Gasteiger partial charge in [-0.1, -0.05) is 184 Å². The van der Waals surface area contributed by atoms with Crippen LogP contribution in [0.3, 0.4) is 0 Å². The summed E-state index contributed by atoms with van der Waals surface area (Å²) in [5.74, 6) is 3.68. The minimum absolute atomic E-state index is 0.0848. The Morgan fingerprint density at radius 3 is 0.567 bits per heavy atom. The van der Waals surface area contributed by atoms with Crippen LogP contribution in [0.4, 0.5) is 22.7 Å². The molecule has 0 aliphatic carbocycles. The Morgan fingerprint density at radius 2 is 0.433 bits per heavy atom. The third-order valence-electron chi connectivity index (χ3n) is 12.8. The number of benzene rings is 4. The Kier molecular flexibility index (Phi) is 14.4. The Hall–Kier alpha value is -4.01. The lowest BCUT2D eigenvalue weighted by Gasteiger charge is -2.39. The fraction of sp³-hybridized carbons (Fsp3) is 0.481. The summed E-state index contributed by atoms with van der Waals surface area (Å²) >= 11 is 0. The fourth-order valence-corrected chi connectivity index (χ4v) is 15.1. The van der Waals surface area contributed by atoms with E-state index in [1.165, 1.54) is 67.3 Å². The highest BCUT2D eigenvalue weighted by molar-refractivity contribution is 6.76. The van der Waals surface area contributed by atoms with Crippen LogP contribution in [0, 0.1) is 0 Å². The van der Waals surface area contributed by atoms with E-state index in [1.54, 1.807) is 0 Å². The first-order chi connectivity index (χ1) is 28.5. The van der Waals surface area contributed by atoms with Crippen molar-refractivity contribution in [2.45, 2.75) is 170 Å². The van der Waals surface area contributed by atoms with Gasteiger partial charge < -0.3 is 19.6 Å². The summed E-state index contributed by atoms with van der Waals surface area (Å²) < 4.78 is 0. The first-order valence-corrected chi connectivity index (χ1v) is 27.1. The average Bonchev–Trinajstić information content (AvgIpc) is 3.82. The topological polar surface area (TPSA) is 13.0 Å². The van der Waals surface area contributed by atoms with Gasteiger partial charge in [-0.05, 0) is 91.9 Å². The van der Waals surface area contributed by atoms with Crippen molar-refractivity contribution < 1.29 is 0 Å². The monoisotopic (exact) mass is 837 g/mol. The van der Waals surface area contributed by atoms with E-state index in [2.05, 4.69) is 228 Å². The van der Waals surface area contributed by atoms with Gasteiger partial charge in [-0.25, -0.2) is 0 Å². The van der Waals surface area contributed by atoms with Crippen molar-refractivity contribution in [1.82, 2.24) is 0 Å². The second-order valence-electron chi connectivity index (χ2n) is 19.8. The van der Waals surface area contributed by atoms with Gasteiger partial charge in [-0.3, -0.25) is 0 Å². The lowest BCUT2D eigenvalue weighted by atomic mass is 9.91. The molecule has 4 aromatic carbocycles. The zero-order valence-corrected chi connectivity index (χ0v) is 42.3. The molecule has 2 aliphatic rings. The molecular weight excluding hydrogens is 761 g/mol. The van der Waals surface area contributed by atoms with Crippen LogP contribution in [-0.2, 0) is 0 Å². The van der Waals surface area contributed by atoms with Crippen molar-refractivity contribution in [3.8, 4) is 0 Å². The molecule has 0 N–H and O–H groups in total. The van der Waals surface area contributed by atoms with Crippen molar-refractivity contribution >= 4 is 40.0 Å². The molecule has 0 amide bonds. The smallest absolute Gasteiger partial charge is 0.105 e. The molecule has 0 spiro atoms. The molecule has 0 atom stereocenters. The number of anilines is 4. The lowest BCUT2D eigenvalue weighted by molar-refractivity contribution is 0.781. The predicted octanol–water partition coefficient (Wildman–Crippen LogP) is 14.3. The molecule has 2 aliphatic heterocycles. The van der Waals surface area contributed by atoms with Crippen molar-refractivity contribution in [2.24, 2.45) is 0 Å². The standard InChI is InChI=1S/C54H76N4Si2/c1-33(2)41-21-17-22-42(34(3)4)49(41)55-29-30-56(50-43(35(5)6)23-18-24-44(50)36(7)8)53(55)59-60-54-57(51-45(37(9)10)25-19-26-46(51)38(11)12)31-32-58(54)52-47(39(13)14)27-20-28-48(52)40(15)16/h17-40,53-54,59-60H,1-16H3/b60-59+. The van der Waals surface area contributed by atoms with E-state index in [4.69, 9.17) is 0 Å². The van der Waals surface area contributed by atoms with Crippen LogP contribution in [0.25, 0.3) is 0 Å². The van der Waals surface area contributed by atoms with Gasteiger partial charge >= 0.3 is 0 Å². The van der Waals surface area contributed by atoms with Gasteiger partial charge in [-0.2, -0.15) is 0 Å². The molecular formula is C54H76N4Si2. The second kappa shape index (κ2) is 18.9. The van der Waals surface area contributed by atoms with Crippen molar-refractivity contribution in [1.29, 1.82) is 0 Å². The van der Waals surface area contributed by atoms with Crippen LogP contribution in [0.5, 0.6) is 0 Å². The normalized spacial score (nSPS) is 15.4. The lowest BCUT2D eigenvalue weighted by Crippen LogP contribution is -2.48. The zero-order valence-electron chi connectivity index (χ0n) is 40.0. The van der Waals surface area contributed by atoms with Crippen molar-refractivity contribution in [2.75, 3.05) is 19.6 Å². The number of para-hydroxylation sites is 4. The summed E-state index contributed by atoms with van der Waals surface area (Å²) in [4.78, 5) is 10.9. The van der Waals surface area contributed by atoms with Gasteiger partial charge in [-0.15, -0.1) is 0 Å². The molecule has 6 heteroatoms. The second-order valence-corrected chi connectivity index (χ2v) is 24.1. The molecule has 0 fully saturated rings. The number of hydrogen-bond acceptors (Lipinski definition) is 4. The van der Waals surface area contributed by atoms with Crippen LogP contribution in [-0.4, -0.2) is 28.8 Å². The van der Waals surface area contributed by atoms with E-state index in [1.807, 2.05) is 0 Å². The molecule has 2 heterocycles. The summed E-state index contributed by atoms with van der Waals surface area (Å²) in [7, 11) is -0.170. The predicted molar refractivity (Wildman–Crippen MR) is 269 cm³/mol. The third kappa shape index (κ3) is 8.84. The van der Waals surface area contributed by atoms with Gasteiger partial charge in [0.25, 0.3) is 0 Å². The van der Waals surface area contributed by atoms with Gasteiger partial charge in [0.2, 0.25) is 0 Å². The average molecular weight is 837 g/mol. The number of hydrogen-bond donors (Lipinski definition) is 0. The molecule has 0 radical (unpaired) electrons. The zero-order chi connectivity index (χ0) is 43.7. The molecule has 0 saturated heterocycles. The summed E-state index contributed by atoms with van der Waals surface area (Å²) in [6, 6.07) is 28.3. The molecule has 0 saturated carbocycles. The minimum Gasteiger partial charge on any atom is -0.326 e. The quantitative estimate of drug-likeness (QED) is 0.117. The molecule has 0 bridgehead atoms. The summed E-state index contributed by atoms with van der Waals surface area (Å²) in [6.07, 6.45) is 9.79. The van der Waals surface area contributed by atoms with E-state index in [-0.39, 0.29) is 28.8 Å². The van der Waals surface area contributed by atoms with E-state index in [0.29, 0.717) is 47.3 Å². The fourth-order valence-electron chi connectivity index (χ4n) is 9.54. The first-order valence-electron chi connectivity index (χ1n) is 23.1. The van der Waals surface area contributed by atoms with Gasteiger partial charge in [0, 0.05) is 64.8 Å². The molecule has 0 aromatic heterocycles. The molecule has 4 aromatic rings. The van der Waals surface area contributed by atoms with Crippen LogP contribution in [0.15, 0.2) is 97.6 Å². The highest BCUT2D eigenvalue weighted by Crippen LogP contribution is 2.45. The number of nitrogens with zero attached hydrogens (tertiary/aromatic N) is 4. The Balaban J connectivity index is 1.65. The number of rotatable bonds is 14. The summed E-state index contributed by atoms with van der Waals surface area (Å²) in [5.41, 5.74) is 17.2. The van der Waals surface area contributed by atoms with E-state index in [0.717, 1.165) is 0 Å². The minimum atomic E-state index is -0.0848. The van der Waals surface area contributed by atoms with Gasteiger partial charge in [0.1, 0.15) is 11.6 Å².